The van der Waals surface area contributed by atoms with Gasteiger partial charge in [-0.2, -0.15) is 0 Å². The Morgan fingerprint density at radius 1 is 1.12 bits per heavy atom. The number of benzene rings is 2. The van der Waals surface area contributed by atoms with Crippen LogP contribution in [-0.2, 0) is 13.0 Å². The molecular formula is C25H18ClFN4O3. The Morgan fingerprint density at radius 3 is 2.85 bits per heavy atom. The first-order valence-electron chi connectivity index (χ1n) is 10.4. The quantitative estimate of drug-likeness (QED) is 0.320. The van der Waals surface area contributed by atoms with Gasteiger partial charge in [0.15, 0.2) is 23.0 Å². The summed E-state index contributed by atoms with van der Waals surface area (Å²) in [7, 11) is 1.49. The molecule has 0 unspecified atom stereocenters. The zero-order valence-electron chi connectivity index (χ0n) is 18.0. The number of rotatable bonds is 7. The highest BCUT2D eigenvalue weighted by Crippen LogP contribution is 2.30. The Kier molecular flexibility index (Phi) is 5.81. The van der Waals surface area contributed by atoms with Gasteiger partial charge in [-0.15, -0.1) is 5.10 Å². The van der Waals surface area contributed by atoms with Crippen LogP contribution < -0.4 is 9.47 Å². The van der Waals surface area contributed by atoms with Gasteiger partial charge in [0, 0.05) is 24.2 Å². The number of ketones is 1. The average Bonchev–Trinajstić information content (AvgIpc) is 3.26. The maximum atomic E-state index is 15.3. The van der Waals surface area contributed by atoms with Crippen molar-refractivity contribution in [1.29, 1.82) is 0 Å². The number of nitrogens with zero attached hydrogens (tertiary/aromatic N) is 3. The SMILES string of the molecule is COc1n[nH]c2ncc(CC(=O)c3c(Cl)ccc(OCc4ccc5ncccc5c4)c3F)cc12. The van der Waals surface area contributed by atoms with Crippen molar-refractivity contribution >= 4 is 39.3 Å². The highest BCUT2D eigenvalue weighted by atomic mass is 35.5. The molecular weight excluding hydrogens is 459 g/mol. The van der Waals surface area contributed by atoms with Gasteiger partial charge >= 0.3 is 0 Å². The van der Waals surface area contributed by atoms with Crippen molar-refractivity contribution in [1.82, 2.24) is 20.2 Å². The van der Waals surface area contributed by atoms with Crippen molar-refractivity contribution < 1.29 is 18.7 Å². The van der Waals surface area contributed by atoms with Gasteiger partial charge in [-0.25, -0.2) is 9.37 Å². The monoisotopic (exact) mass is 476 g/mol. The van der Waals surface area contributed by atoms with Crippen LogP contribution in [0.25, 0.3) is 21.9 Å². The van der Waals surface area contributed by atoms with Gasteiger partial charge < -0.3 is 9.47 Å². The minimum absolute atomic E-state index is 0.0153. The topological polar surface area (TPSA) is 90.0 Å². The number of nitrogens with one attached hydrogen (secondary N) is 1. The molecule has 1 N–H and O–H groups in total. The molecule has 3 heterocycles. The van der Waals surface area contributed by atoms with E-state index in [9.17, 15) is 4.79 Å². The van der Waals surface area contributed by atoms with Crippen LogP contribution in [0.15, 0.2) is 60.9 Å². The summed E-state index contributed by atoms with van der Waals surface area (Å²) in [5, 5.41) is 8.34. The minimum atomic E-state index is -0.796. The van der Waals surface area contributed by atoms with Gasteiger partial charge in [0.1, 0.15) is 6.61 Å². The number of hydrogen-bond donors (Lipinski definition) is 1. The fourth-order valence-electron chi connectivity index (χ4n) is 3.73. The Labute approximate surface area is 198 Å². The molecule has 0 radical (unpaired) electrons. The number of ether oxygens (including phenoxy) is 2. The highest BCUT2D eigenvalue weighted by Gasteiger charge is 2.21. The fraction of sp³-hybridized carbons (Fsp3) is 0.120. The van der Waals surface area contributed by atoms with E-state index in [1.54, 1.807) is 12.3 Å². The lowest BCUT2D eigenvalue weighted by atomic mass is 10.0. The maximum Gasteiger partial charge on any atom is 0.241 e. The van der Waals surface area contributed by atoms with Crippen molar-refractivity contribution in [3.8, 4) is 11.6 Å². The van der Waals surface area contributed by atoms with Crippen molar-refractivity contribution in [3.63, 3.8) is 0 Å². The van der Waals surface area contributed by atoms with Gasteiger partial charge in [0.2, 0.25) is 5.88 Å². The van der Waals surface area contributed by atoms with E-state index in [0.29, 0.717) is 22.5 Å². The summed E-state index contributed by atoms with van der Waals surface area (Å²) in [4.78, 5) is 21.5. The first-order chi connectivity index (χ1) is 16.5. The number of aromatic amines is 1. The first-order valence-corrected chi connectivity index (χ1v) is 10.8. The minimum Gasteiger partial charge on any atom is -0.486 e. The van der Waals surface area contributed by atoms with E-state index in [1.807, 2.05) is 30.3 Å². The number of H-pyrrole nitrogens is 1. The normalized spacial score (nSPS) is 11.1. The van der Waals surface area contributed by atoms with Crippen molar-refractivity contribution in [2.45, 2.75) is 13.0 Å². The molecule has 0 saturated heterocycles. The van der Waals surface area contributed by atoms with Crippen molar-refractivity contribution in [3.05, 3.63) is 88.5 Å². The average molecular weight is 477 g/mol. The summed E-state index contributed by atoms with van der Waals surface area (Å²) in [5.74, 6) is -0.978. The molecule has 0 aliphatic rings. The number of aromatic nitrogens is 4. The second kappa shape index (κ2) is 9.07. The smallest absolute Gasteiger partial charge is 0.241 e. The largest absolute Gasteiger partial charge is 0.486 e. The van der Waals surface area contributed by atoms with E-state index in [1.165, 1.54) is 25.4 Å². The molecule has 0 fully saturated rings. The predicted molar refractivity (Wildman–Crippen MR) is 126 cm³/mol. The van der Waals surface area contributed by atoms with Crippen LogP contribution in [0.1, 0.15) is 21.5 Å². The van der Waals surface area contributed by atoms with E-state index >= 15 is 4.39 Å². The molecule has 2 aromatic carbocycles. The third-order valence-corrected chi connectivity index (χ3v) is 5.71. The fourth-order valence-corrected chi connectivity index (χ4v) is 3.98. The molecule has 3 aromatic heterocycles. The third-order valence-electron chi connectivity index (χ3n) is 5.39. The molecule has 170 valence electrons. The number of pyridine rings is 2. The molecule has 0 amide bonds. The Hall–Kier alpha value is -4.04. The zero-order chi connectivity index (χ0) is 23.7. The molecule has 5 aromatic rings. The third kappa shape index (κ3) is 4.15. The molecule has 0 atom stereocenters. The van der Waals surface area contributed by atoms with Gasteiger partial charge in [-0.05, 0) is 47.5 Å². The summed E-state index contributed by atoms with van der Waals surface area (Å²) in [6.45, 7) is 0.123. The summed E-state index contributed by atoms with van der Waals surface area (Å²) in [5.41, 5.74) is 2.58. The maximum absolute atomic E-state index is 15.3. The number of Topliss-reactive ketones (excluding diaryl/α,β-unsaturated/α-hetero) is 1. The summed E-state index contributed by atoms with van der Waals surface area (Å²) >= 11 is 6.20. The van der Waals surface area contributed by atoms with Gasteiger partial charge in [-0.1, -0.05) is 23.7 Å². The lowest BCUT2D eigenvalue weighted by Gasteiger charge is -2.12. The Balaban J connectivity index is 1.37. The van der Waals surface area contributed by atoms with Crippen molar-refractivity contribution in [2.24, 2.45) is 0 Å². The molecule has 0 aliphatic carbocycles. The Bertz CT molecular complexity index is 1540. The van der Waals surface area contributed by atoms with E-state index in [0.717, 1.165) is 16.5 Å². The molecule has 0 aliphatic heterocycles. The zero-order valence-corrected chi connectivity index (χ0v) is 18.8. The molecule has 7 nitrogen and oxygen atoms in total. The van der Waals surface area contributed by atoms with Crippen LogP contribution in [0.2, 0.25) is 5.02 Å². The van der Waals surface area contributed by atoms with Gasteiger partial charge in [0.25, 0.3) is 0 Å². The first kappa shape index (κ1) is 21.8. The number of hydrogen-bond acceptors (Lipinski definition) is 6. The van der Waals surface area contributed by atoms with Gasteiger partial charge in [-0.3, -0.25) is 14.9 Å². The molecule has 0 bridgehead atoms. The van der Waals surface area contributed by atoms with Crippen molar-refractivity contribution in [2.75, 3.05) is 7.11 Å². The summed E-state index contributed by atoms with van der Waals surface area (Å²) in [6.07, 6.45) is 3.15. The summed E-state index contributed by atoms with van der Waals surface area (Å²) < 4.78 is 26.2. The van der Waals surface area contributed by atoms with Crippen LogP contribution >= 0.6 is 11.6 Å². The van der Waals surface area contributed by atoms with Crippen LogP contribution in [0.4, 0.5) is 4.39 Å². The van der Waals surface area contributed by atoms with E-state index in [2.05, 4.69) is 20.2 Å². The van der Waals surface area contributed by atoms with E-state index in [4.69, 9.17) is 21.1 Å². The molecule has 0 spiro atoms. The predicted octanol–water partition coefficient (Wildman–Crippen LogP) is 5.31. The number of carbonyl (C=O) groups is 1. The molecule has 5 rings (SSSR count). The Morgan fingerprint density at radius 2 is 2.00 bits per heavy atom. The van der Waals surface area contributed by atoms with Crippen LogP contribution in [-0.4, -0.2) is 33.1 Å². The van der Waals surface area contributed by atoms with Gasteiger partial charge in [0.05, 0.1) is 28.6 Å². The molecule has 9 heteroatoms. The second-order valence-corrected chi connectivity index (χ2v) is 8.03. The lowest BCUT2D eigenvalue weighted by molar-refractivity contribution is 0.0988. The summed E-state index contributed by atoms with van der Waals surface area (Å²) in [6, 6.07) is 14.1. The number of fused-ring (bicyclic) bond motifs is 2. The standard InChI is InChI=1S/C25H18ClFN4O3/c1-33-25-17-10-15(12-29-24(17)30-31-25)11-20(32)22-18(26)5-7-21(23(22)27)34-13-14-4-6-19-16(9-14)3-2-8-28-19/h2-10,12H,11,13H2,1H3,(H,29,30,31). The number of halogens is 2. The van der Waals surface area contributed by atoms with Crippen LogP contribution in [0, 0.1) is 5.82 Å². The van der Waals surface area contributed by atoms with E-state index < -0.39 is 11.6 Å². The van der Waals surface area contributed by atoms with Crippen LogP contribution in [0.5, 0.6) is 11.6 Å². The molecule has 34 heavy (non-hydrogen) atoms. The lowest BCUT2D eigenvalue weighted by Crippen LogP contribution is -2.09. The van der Waals surface area contributed by atoms with E-state index in [-0.39, 0.29) is 29.4 Å². The molecule has 0 saturated carbocycles. The number of carbonyl (C=O) groups excluding carboxylic acids is 1. The van der Waals surface area contributed by atoms with Crippen LogP contribution in [0.3, 0.4) is 0 Å². The highest BCUT2D eigenvalue weighted by molar-refractivity contribution is 6.34. The number of methoxy groups -OCH3 is 1. The second-order valence-electron chi connectivity index (χ2n) is 7.63.